The molecule has 1 heterocycles. The molecule has 0 aromatic carbocycles. The van der Waals surface area contributed by atoms with Gasteiger partial charge in [-0.05, 0) is 38.2 Å². The first-order valence-electron chi connectivity index (χ1n) is 10.4. The Labute approximate surface area is 165 Å². The van der Waals surface area contributed by atoms with Crippen LogP contribution < -0.4 is 11.1 Å². The van der Waals surface area contributed by atoms with Crippen LogP contribution in [0.2, 0.25) is 0 Å². The highest BCUT2D eigenvalue weighted by Crippen LogP contribution is 2.19. The van der Waals surface area contributed by atoms with E-state index in [0.717, 1.165) is 32.2 Å². The van der Waals surface area contributed by atoms with Crippen molar-refractivity contribution >= 4 is 18.0 Å². The zero-order valence-electron chi connectivity index (χ0n) is 17.9. The van der Waals surface area contributed by atoms with Crippen molar-refractivity contribution in [3.63, 3.8) is 0 Å². The van der Waals surface area contributed by atoms with E-state index in [2.05, 4.69) is 5.32 Å². The second kappa shape index (κ2) is 14.2. The molecule has 2 fully saturated rings. The summed E-state index contributed by atoms with van der Waals surface area (Å²) in [5.74, 6) is 0.451. The number of carbonyl (C=O) groups excluding carboxylic acids is 2. The van der Waals surface area contributed by atoms with Gasteiger partial charge in [-0.3, -0.25) is 9.59 Å². The van der Waals surface area contributed by atoms with Crippen molar-refractivity contribution in [1.29, 1.82) is 5.41 Å². The maximum atomic E-state index is 11.9. The molecule has 27 heavy (non-hydrogen) atoms. The van der Waals surface area contributed by atoms with Gasteiger partial charge in [-0.25, -0.2) is 0 Å². The fraction of sp³-hybridized carbons (Fsp3) is 0.762. The summed E-state index contributed by atoms with van der Waals surface area (Å²) in [5.41, 5.74) is 6.65. The van der Waals surface area contributed by atoms with Gasteiger partial charge < -0.3 is 21.4 Å². The number of nitrogens with zero attached hydrogens (tertiary/aromatic N) is 1. The molecular weight excluding hydrogens is 340 g/mol. The lowest BCUT2D eigenvalue weighted by Gasteiger charge is -2.24. The van der Waals surface area contributed by atoms with Crippen LogP contribution in [0.3, 0.4) is 0 Å². The van der Waals surface area contributed by atoms with Crippen LogP contribution >= 0.6 is 0 Å². The monoisotopic (exact) mass is 380 g/mol. The van der Waals surface area contributed by atoms with E-state index < -0.39 is 0 Å². The summed E-state index contributed by atoms with van der Waals surface area (Å²) in [6.07, 6.45) is 9.35. The lowest BCUT2D eigenvalue weighted by atomic mass is 9.95. The van der Waals surface area contributed by atoms with Crippen LogP contribution in [0.25, 0.3) is 0 Å². The maximum absolute atomic E-state index is 11.9. The second-order valence-corrected chi connectivity index (χ2v) is 7.43. The molecule has 156 valence electrons. The summed E-state index contributed by atoms with van der Waals surface area (Å²) < 4.78 is 0. The molecule has 0 radical (unpaired) electrons. The molecule has 0 aromatic rings. The SMILES string of the molecule is C/C(N)=C/C(=N)C(C)C.CC.O=CN1CCC(C(=O)NC2CCCCC2)C1. The van der Waals surface area contributed by atoms with Gasteiger partial charge in [0, 0.05) is 30.5 Å². The van der Waals surface area contributed by atoms with Crippen LogP contribution in [0.15, 0.2) is 11.8 Å². The average molecular weight is 381 g/mol. The zero-order chi connectivity index (χ0) is 20.8. The summed E-state index contributed by atoms with van der Waals surface area (Å²) in [6.45, 7) is 11.1. The Morgan fingerprint density at radius 2 is 1.78 bits per heavy atom. The Morgan fingerprint density at radius 3 is 2.19 bits per heavy atom. The van der Waals surface area contributed by atoms with E-state index in [4.69, 9.17) is 11.1 Å². The summed E-state index contributed by atoms with van der Waals surface area (Å²) in [7, 11) is 0. The Kier molecular flexibility index (Phi) is 13.3. The molecule has 1 aliphatic heterocycles. The van der Waals surface area contributed by atoms with Crippen LogP contribution in [0.5, 0.6) is 0 Å². The van der Waals surface area contributed by atoms with Crippen molar-refractivity contribution in [2.24, 2.45) is 17.6 Å². The molecule has 1 unspecified atom stereocenters. The number of carbonyl (C=O) groups is 2. The predicted molar refractivity (Wildman–Crippen MR) is 113 cm³/mol. The highest BCUT2D eigenvalue weighted by molar-refractivity contribution is 5.94. The summed E-state index contributed by atoms with van der Waals surface area (Å²) >= 11 is 0. The van der Waals surface area contributed by atoms with Gasteiger partial charge in [0.05, 0.1) is 5.92 Å². The Hall–Kier alpha value is -1.85. The second-order valence-electron chi connectivity index (χ2n) is 7.43. The van der Waals surface area contributed by atoms with Crippen molar-refractivity contribution in [1.82, 2.24) is 10.2 Å². The standard InChI is InChI=1S/C12H20N2O2.C7H14N2.C2H6/c15-9-14-7-6-10(8-14)12(16)13-11-4-2-1-3-5-11;1-5(2)7(9)4-6(3)8;1-2/h9-11H,1-8H2,(H,13,16);4-5,9H,8H2,1-3H3;1-2H3/b;6-4-,9-7?;. The molecule has 2 rings (SSSR count). The van der Waals surface area contributed by atoms with Gasteiger partial charge >= 0.3 is 0 Å². The molecule has 1 saturated heterocycles. The topological polar surface area (TPSA) is 99.3 Å². The molecule has 4 N–H and O–H groups in total. The molecule has 1 atom stereocenters. The first-order chi connectivity index (χ1) is 12.8. The van der Waals surface area contributed by atoms with Gasteiger partial charge in [-0.1, -0.05) is 47.0 Å². The molecule has 2 aliphatic rings. The molecule has 1 saturated carbocycles. The molecule has 2 amide bonds. The highest BCUT2D eigenvalue weighted by Gasteiger charge is 2.28. The minimum Gasteiger partial charge on any atom is -0.402 e. The van der Waals surface area contributed by atoms with E-state index in [0.29, 0.717) is 24.0 Å². The van der Waals surface area contributed by atoms with Crippen LogP contribution in [0.1, 0.15) is 73.1 Å². The maximum Gasteiger partial charge on any atom is 0.225 e. The smallest absolute Gasteiger partial charge is 0.225 e. The number of hydrogen-bond donors (Lipinski definition) is 3. The first kappa shape index (κ1) is 25.1. The van der Waals surface area contributed by atoms with Gasteiger partial charge in [-0.15, -0.1) is 0 Å². The van der Waals surface area contributed by atoms with Crippen LogP contribution in [0, 0.1) is 17.2 Å². The lowest BCUT2D eigenvalue weighted by molar-refractivity contribution is -0.125. The largest absolute Gasteiger partial charge is 0.402 e. The van der Waals surface area contributed by atoms with Crippen LogP contribution in [-0.2, 0) is 9.59 Å². The number of nitrogens with two attached hydrogens (primary N) is 1. The number of nitrogens with one attached hydrogen (secondary N) is 2. The molecular formula is C21H40N4O2. The third-order valence-electron chi connectivity index (χ3n) is 4.70. The number of hydrogen-bond acceptors (Lipinski definition) is 4. The van der Waals surface area contributed by atoms with Gasteiger partial charge in [-0.2, -0.15) is 0 Å². The molecule has 1 aliphatic carbocycles. The summed E-state index contributed by atoms with van der Waals surface area (Å²) in [6, 6.07) is 0.381. The normalized spacial score (nSPS) is 20.1. The number of amides is 2. The van der Waals surface area contributed by atoms with Crippen molar-refractivity contribution in [2.75, 3.05) is 13.1 Å². The van der Waals surface area contributed by atoms with Gasteiger partial charge in [0.1, 0.15) is 0 Å². The minimum atomic E-state index is 0.0205. The third kappa shape index (κ3) is 10.8. The minimum absolute atomic E-state index is 0.0205. The third-order valence-corrected chi connectivity index (χ3v) is 4.70. The van der Waals surface area contributed by atoms with E-state index in [-0.39, 0.29) is 17.7 Å². The van der Waals surface area contributed by atoms with Crippen LogP contribution in [0.4, 0.5) is 0 Å². The summed E-state index contributed by atoms with van der Waals surface area (Å²) in [4.78, 5) is 24.2. The fourth-order valence-corrected chi connectivity index (χ4v) is 3.07. The van der Waals surface area contributed by atoms with Gasteiger partial charge in [0.2, 0.25) is 12.3 Å². The highest BCUT2D eigenvalue weighted by atomic mass is 16.2. The predicted octanol–water partition coefficient (Wildman–Crippen LogP) is 3.46. The zero-order valence-corrected chi connectivity index (χ0v) is 17.9. The molecule has 6 nitrogen and oxygen atoms in total. The number of rotatable bonds is 5. The van der Waals surface area contributed by atoms with Crippen molar-refractivity contribution in [3.8, 4) is 0 Å². The van der Waals surface area contributed by atoms with Crippen molar-refractivity contribution in [2.45, 2.75) is 79.2 Å². The average Bonchev–Trinajstić information content (AvgIpc) is 3.13. The quantitative estimate of drug-likeness (QED) is 0.503. The lowest BCUT2D eigenvalue weighted by Crippen LogP contribution is -2.40. The molecule has 0 aromatic heterocycles. The Morgan fingerprint density at radius 1 is 1.19 bits per heavy atom. The number of likely N-dealkylation sites (tertiary alicyclic amines) is 1. The Bertz CT molecular complexity index is 479. The van der Waals surface area contributed by atoms with Gasteiger partial charge in [0.25, 0.3) is 0 Å². The Balaban J connectivity index is 0.000000528. The number of allylic oxidation sites excluding steroid dienone is 2. The van der Waals surface area contributed by atoms with E-state index in [1.54, 1.807) is 17.9 Å². The molecule has 0 bridgehead atoms. The van der Waals surface area contributed by atoms with Crippen LogP contribution in [-0.4, -0.2) is 42.1 Å². The van der Waals surface area contributed by atoms with E-state index in [9.17, 15) is 9.59 Å². The van der Waals surface area contributed by atoms with E-state index in [1.807, 2.05) is 27.7 Å². The van der Waals surface area contributed by atoms with E-state index in [1.165, 1.54) is 19.3 Å². The van der Waals surface area contributed by atoms with Crippen molar-refractivity contribution < 1.29 is 9.59 Å². The molecule has 6 heteroatoms. The van der Waals surface area contributed by atoms with E-state index >= 15 is 0 Å². The van der Waals surface area contributed by atoms with Crippen molar-refractivity contribution in [3.05, 3.63) is 11.8 Å². The van der Waals surface area contributed by atoms with Gasteiger partial charge in [0.15, 0.2) is 0 Å². The molecule has 0 spiro atoms. The fourth-order valence-electron chi connectivity index (χ4n) is 3.07. The first-order valence-corrected chi connectivity index (χ1v) is 10.4. The summed E-state index contributed by atoms with van der Waals surface area (Å²) in [5, 5.41) is 10.4.